The second kappa shape index (κ2) is 6.02. The maximum absolute atomic E-state index is 13.5. The number of rotatable bonds is 4. The van der Waals surface area contributed by atoms with Crippen molar-refractivity contribution in [2.45, 2.75) is 19.9 Å². The zero-order valence-corrected chi connectivity index (χ0v) is 12.1. The highest BCUT2D eigenvalue weighted by Crippen LogP contribution is 2.18. The Kier molecular flexibility index (Phi) is 4.37. The summed E-state index contributed by atoms with van der Waals surface area (Å²) >= 11 is 3.35. The van der Waals surface area contributed by atoms with E-state index in [-0.39, 0.29) is 11.6 Å². The SMILES string of the molecule is CCCn1cc(Br)cc1C(=O)Nc1ccccc1F. The second-order valence-corrected chi connectivity index (χ2v) is 5.09. The first-order chi connectivity index (χ1) is 9.11. The van der Waals surface area contributed by atoms with E-state index >= 15 is 0 Å². The van der Waals surface area contributed by atoms with Crippen LogP contribution in [0.1, 0.15) is 23.8 Å². The molecule has 1 aromatic heterocycles. The van der Waals surface area contributed by atoms with Gasteiger partial charge in [-0.2, -0.15) is 0 Å². The molecule has 1 N–H and O–H groups in total. The van der Waals surface area contributed by atoms with E-state index in [1.54, 1.807) is 18.2 Å². The van der Waals surface area contributed by atoms with Gasteiger partial charge in [-0.3, -0.25) is 4.79 Å². The largest absolute Gasteiger partial charge is 0.342 e. The Bertz CT molecular complexity index is 595. The molecule has 0 radical (unpaired) electrons. The van der Waals surface area contributed by atoms with Crippen molar-refractivity contribution in [3.05, 3.63) is 52.5 Å². The quantitative estimate of drug-likeness (QED) is 0.904. The average Bonchev–Trinajstić information content (AvgIpc) is 2.74. The van der Waals surface area contributed by atoms with Crippen LogP contribution in [-0.2, 0) is 6.54 Å². The Labute approximate surface area is 119 Å². The van der Waals surface area contributed by atoms with Gasteiger partial charge in [0.1, 0.15) is 11.5 Å². The lowest BCUT2D eigenvalue weighted by molar-refractivity contribution is 0.101. The van der Waals surface area contributed by atoms with Gasteiger partial charge in [0.15, 0.2) is 0 Å². The number of aryl methyl sites for hydroxylation is 1. The van der Waals surface area contributed by atoms with Crippen LogP contribution in [0.5, 0.6) is 0 Å². The standard InChI is InChI=1S/C14H14BrFN2O/c1-2-7-18-9-10(15)8-13(18)14(19)17-12-6-4-3-5-11(12)16/h3-6,8-9H,2,7H2,1H3,(H,17,19). The maximum atomic E-state index is 13.5. The van der Waals surface area contributed by atoms with Gasteiger partial charge in [0, 0.05) is 17.2 Å². The Morgan fingerprint density at radius 2 is 2.16 bits per heavy atom. The van der Waals surface area contributed by atoms with E-state index in [0.717, 1.165) is 17.4 Å². The molecular weight excluding hydrogens is 311 g/mol. The molecule has 0 spiro atoms. The summed E-state index contributed by atoms with van der Waals surface area (Å²) in [6.07, 6.45) is 2.76. The maximum Gasteiger partial charge on any atom is 0.272 e. The van der Waals surface area contributed by atoms with Gasteiger partial charge >= 0.3 is 0 Å². The molecular formula is C14H14BrFN2O. The molecule has 5 heteroatoms. The normalized spacial score (nSPS) is 10.5. The first-order valence-corrected chi connectivity index (χ1v) is 6.82. The van der Waals surface area contributed by atoms with E-state index in [0.29, 0.717) is 5.69 Å². The summed E-state index contributed by atoms with van der Waals surface area (Å²) in [5.74, 6) is -0.757. The van der Waals surface area contributed by atoms with E-state index in [1.165, 1.54) is 12.1 Å². The molecule has 0 fully saturated rings. The highest BCUT2D eigenvalue weighted by molar-refractivity contribution is 9.10. The zero-order valence-electron chi connectivity index (χ0n) is 10.5. The summed E-state index contributed by atoms with van der Waals surface area (Å²) in [7, 11) is 0. The van der Waals surface area contributed by atoms with Gasteiger partial charge < -0.3 is 9.88 Å². The van der Waals surface area contributed by atoms with Crippen molar-refractivity contribution in [3.8, 4) is 0 Å². The minimum Gasteiger partial charge on any atom is -0.342 e. The number of hydrogen-bond donors (Lipinski definition) is 1. The molecule has 2 rings (SSSR count). The van der Waals surface area contributed by atoms with Crippen molar-refractivity contribution in [2.75, 3.05) is 5.32 Å². The lowest BCUT2D eigenvalue weighted by atomic mass is 10.3. The molecule has 0 unspecified atom stereocenters. The van der Waals surface area contributed by atoms with Gasteiger partial charge in [0.2, 0.25) is 0 Å². The van der Waals surface area contributed by atoms with Crippen LogP contribution in [0.15, 0.2) is 41.0 Å². The van der Waals surface area contributed by atoms with Crippen molar-refractivity contribution in [2.24, 2.45) is 0 Å². The molecule has 2 aromatic rings. The topological polar surface area (TPSA) is 34.0 Å². The number of halogens is 2. The third kappa shape index (κ3) is 3.23. The molecule has 0 saturated heterocycles. The molecule has 1 aromatic carbocycles. The summed E-state index contributed by atoms with van der Waals surface area (Å²) in [5, 5.41) is 2.58. The molecule has 3 nitrogen and oxygen atoms in total. The third-order valence-corrected chi connectivity index (χ3v) is 3.12. The molecule has 0 aliphatic rings. The number of hydrogen-bond acceptors (Lipinski definition) is 1. The Morgan fingerprint density at radius 1 is 1.42 bits per heavy atom. The number of carbonyl (C=O) groups excluding carboxylic acids is 1. The van der Waals surface area contributed by atoms with Gasteiger partial charge in [0.25, 0.3) is 5.91 Å². The molecule has 0 saturated carbocycles. The van der Waals surface area contributed by atoms with Gasteiger partial charge in [-0.25, -0.2) is 4.39 Å². The number of amides is 1. The fourth-order valence-electron chi connectivity index (χ4n) is 1.84. The summed E-state index contributed by atoms with van der Waals surface area (Å²) in [6, 6.07) is 7.85. The Balaban J connectivity index is 2.23. The molecule has 1 heterocycles. The summed E-state index contributed by atoms with van der Waals surface area (Å²) in [6.45, 7) is 2.78. The van der Waals surface area contributed by atoms with Crippen LogP contribution in [0.25, 0.3) is 0 Å². The number of para-hydroxylation sites is 1. The Morgan fingerprint density at radius 3 is 2.84 bits per heavy atom. The lowest BCUT2D eigenvalue weighted by Crippen LogP contribution is -2.17. The fraction of sp³-hybridized carbons (Fsp3) is 0.214. The van der Waals surface area contributed by atoms with Crippen LogP contribution < -0.4 is 5.32 Å². The summed E-state index contributed by atoms with van der Waals surface area (Å²) < 4.78 is 16.2. The molecule has 0 bridgehead atoms. The van der Waals surface area contributed by atoms with E-state index < -0.39 is 5.82 Å². The van der Waals surface area contributed by atoms with Crippen LogP contribution in [0.2, 0.25) is 0 Å². The predicted octanol–water partition coefficient (Wildman–Crippen LogP) is 4.05. The first kappa shape index (κ1) is 13.8. The lowest BCUT2D eigenvalue weighted by Gasteiger charge is -2.09. The minimum atomic E-state index is -0.441. The number of benzene rings is 1. The second-order valence-electron chi connectivity index (χ2n) is 4.17. The van der Waals surface area contributed by atoms with Crippen molar-refractivity contribution >= 4 is 27.5 Å². The smallest absolute Gasteiger partial charge is 0.272 e. The van der Waals surface area contributed by atoms with Gasteiger partial charge in [-0.05, 0) is 40.5 Å². The fourth-order valence-corrected chi connectivity index (χ4v) is 2.30. The average molecular weight is 325 g/mol. The predicted molar refractivity (Wildman–Crippen MR) is 76.8 cm³/mol. The minimum absolute atomic E-state index is 0.188. The van der Waals surface area contributed by atoms with Crippen LogP contribution in [0, 0.1) is 5.82 Å². The van der Waals surface area contributed by atoms with Crippen molar-refractivity contribution in [1.29, 1.82) is 0 Å². The molecule has 19 heavy (non-hydrogen) atoms. The summed E-state index contributed by atoms with van der Waals surface area (Å²) in [4.78, 5) is 12.2. The zero-order chi connectivity index (χ0) is 13.8. The number of anilines is 1. The van der Waals surface area contributed by atoms with Crippen molar-refractivity contribution < 1.29 is 9.18 Å². The highest BCUT2D eigenvalue weighted by Gasteiger charge is 2.14. The number of aromatic nitrogens is 1. The van der Waals surface area contributed by atoms with Crippen LogP contribution >= 0.6 is 15.9 Å². The molecule has 0 aliphatic heterocycles. The van der Waals surface area contributed by atoms with Gasteiger partial charge in [-0.1, -0.05) is 19.1 Å². The summed E-state index contributed by atoms with van der Waals surface area (Å²) in [5.41, 5.74) is 0.699. The number of nitrogens with zero attached hydrogens (tertiary/aromatic N) is 1. The third-order valence-electron chi connectivity index (χ3n) is 2.68. The first-order valence-electron chi connectivity index (χ1n) is 6.03. The Hall–Kier alpha value is -1.62. The van der Waals surface area contributed by atoms with Crippen LogP contribution in [0.4, 0.5) is 10.1 Å². The number of nitrogens with one attached hydrogen (secondary N) is 1. The van der Waals surface area contributed by atoms with E-state index in [9.17, 15) is 9.18 Å². The van der Waals surface area contributed by atoms with E-state index in [4.69, 9.17) is 0 Å². The van der Waals surface area contributed by atoms with Crippen LogP contribution in [0.3, 0.4) is 0 Å². The van der Waals surface area contributed by atoms with Crippen LogP contribution in [-0.4, -0.2) is 10.5 Å². The highest BCUT2D eigenvalue weighted by atomic mass is 79.9. The van der Waals surface area contributed by atoms with Crippen molar-refractivity contribution in [1.82, 2.24) is 4.57 Å². The van der Waals surface area contributed by atoms with E-state index in [1.807, 2.05) is 17.7 Å². The molecule has 1 amide bonds. The number of carbonyl (C=O) groups is 1. The molecule has 0 aliphatic carbocycles. The van der Waals surface area contributed by atoms with Crippen molar-refractivity contribution in [3.63, 3.8) is 0 Å². The van der Waals surface area contributed by atoms with Gasteiger partial charge in [0.05, 0.1) is 5.69 Å². The monoisotopic (exact) mass is 324 g/mol. The molecule has 100 valence electrons. The van der Waals surface area contributed by atoms with Gasteiger partial charge in [-0.15, -0.1) is 0 Å². The van der Waals surface area contributed by atoms with E-state index in [2.05, 4.69) is 21.2 Å². The molecule has 0 atom stereocenters.